The van der Waals surface area contributed by atoms with Gasteiger partial charge in [-0.05, 0) is 79.0 Å². The number of amides is 1. The molecule has 2 fully saturated rings. The maximum atomic E-state index is 13.7. The van der Waals surface area contributed by atoms with Gasteiger partial charge in [-0.3, -0.25) is 4.79 Å². The van der Waals surface area contributed by atoms with Crippen LogP contribution in [0, 0.1) is 17.9 Å². The smallest absolute Gasteiger partial charge is 0.227 e. The molecule has 1 amide bonds. The van der Waals surface area contributed by atoms with Gasteiger partial charge in [-0.15, -0.1) is 0 Å². The van der Waals surface area contributed by atoms with E-state index in [1.807, 2.05) is 48.5 Å². The fourth-order valence-electron chi connectivity index (χ4n) is 6.52. The van der Waals surface area contributed by atoms with Crippen LogP contribution < -0.4 is 5.32 Å². The predicted molar refractivity (Wildman–Crippen MR) is 143 cm³/mol. The number of rotatable bonds is 4. The summed E-state index contributed by atoms with van der Waals surface area (Å²) < 4.78 is 0. The molecular formula is C29H25Cl3N2O. The lowest BCUT2D eigenvalue weighted by molar-refractivity contribution is -0.131. The number of nitrogens with one attached hydrogen (secondary N) is 1. The van der Waals surface area contributed by atoms with Crippen LogP contribution in [0.2, 0.25) is 15.1 Å². The SMILES string of the molecule is [C-]#[N+]c1ccccc1C[C@@]12CC[C@@H](c3ccc(Cl)cc3Cl)[C@H](c3ccc(Cl)cc3)[C@@H]1[C@@H](C)NC2=O. The normalized spacial score (nSPS) is 27.7. The van der Waals surface area contributed by atoms with Crippen molar-refractivity contribution in [3.63, 3.8) is 0 Å². The molecule has 0 unspecified atom stereocenters. The molecule has 6 heteroatoms. The Labute approximate surface area is 221 Å². The Morgan fingerprint density at radius 3 is 2.46 bits per heavy atom. The minimum absolute atomic E-state index is 0.0143. The zero-order valence-electron chi connectivity index (χ0n) is 19.3. The Morgan fingerprint density at radius 2 is 1.74 bits per heavy atom. The third kappa shape index (κ3) is 4.23. The van der Waals surface area contributed by atoms with Crippen LogP contribution in [-0.4, -0.2) is 11.9 Å². The van der Waals surface area contributed by atoms with Crippen molar-refractivity contribution in [1.82, 2.24) is 5.32 Å². The summed E-state index contributed by atoms with van der Waals surface area (Å²) >= 11 is 19.2. The van der Waals surface area contributed by atoms with Gasteiger partial charge in [0.05, 0.1) is 12.0 Å². The number of fused-ring (bicyclic) bond motifs is 1. The van der Waals surface area contributed by atoms with Crippen molar-refractivity contribution < 1.29 is 4.79 Å². The molecule has 35 heavy (non-hydrogen) atoms. The molecule has 1 saturated heterocycles. The van der Waals surface area contributed by atoms with Gasteiger partial charge in [0, 0.05) is 27.0 Å². The van der Waals surface area contributed by atoms with Gasteiger partial charge in [0.1, 0.15) is 0 Å². The highest BCUT2D eigenvalue weighted by Crippen LogP contribution is 2.60. The van der Waals surface area contributed by atoms with Gasteiger partial charge in [0.25, 0.3) is 0 Å². The van der Waals surface area contributed by atoms with Crippen LogP contribution in [0.3, 0.4) is 0 Å². The summed E-state index contributed by atoms with van der Waals surface area (Å²) in [5.41, 5.74) is 3.12. The van der Waals surface area contributed by atoms with Gasteiger partial charge in [-0.2, -0.15) is 0 Å². The average molecular weight is 524 g/mol. The predicted octanol–water partition coefficient (Wildman–Crippen LogP) is 8.22. The van der Waals surface area contributed by atoms with Crippen molar-refractivity contribution in [2.75, 3.05) is 0 Å². The number of nitrogens with zero attached hydrogens (tertiary/aromatic N) is 1. The van der Waals surface area contributed by atoms with E-state index in [2.05, 4.69) is 29.2 Å². The molecule has 1 aliphatic heterocycles. The maximum absolute atomic E-state index is 13.7. The molecule has 1 aliphatic carbocycles. The molecule has 3 nitrogen and oxygen atoms in total. The van der Waals surface area contributed by atoms with Crippen molar-refractivity contribution in [3.8, 4) is 0 Å². The van der Waals surface area contributed by atoms with E-state index in [0.717, 1.165) is 23.1 Å². The van der Waals surface area contributed by atoms with E-state index in [0.29, 0.717) is 33.6 Å². The van der Waals surface area contributed by atoms with E-state index >= 15 is 0 Å². The largest absolute Gasteiger partial charge is 0.353 e. The third-order valence-electron chi connectivity index (χ3n) is 7.94. The van der Waals surface area contributed by atoms with E-state index in [-0.39, 0.29) is 29.7 Å². The van der Waals surface area contributed by atoms with Gasteiger partial charge < -0.3 is 5.32 Å². The highest BCUT2D eigenvalue weighted by Gasteiger charge is 2.60. The fraction of sp³-hybridized carbons (Fsp3) is 0.310. The zero-order valence-corrected chi connectivity index (χ0v) is 21.5. The standard InChI is InChI=1S/C29H25Cl3N2O/c1-17-27-26(18-7-9-20(30)10-8-18)23(22-12-11-21(31)15-24(22)32)13-14-29(27,28(35)34-17)16-19-5-3-4-6-25(19)33-2/h3-12,15,17,23,26-27H,13-14,16H2,1H3,(H,34,35)/t17-,23+,26+,27+,29+/m1/s1. The lowest BCUT2D eigenvalue weighted by Gasteiger charge is -2.48. The number of hydrogen-bond acceptors (Lipinski definition) is 1. The molecule has 178 valence electrons. The van der Waals surface area contributed by atoms with E-state index in [1.165, 1.54) is 0 Å². The molecule has 2 aliphatic rings. The van der Waals surface area contributed by atoms with Crippen LogP contribution in [-0.2, 0) is 11.2 Å². The van der Waals surface area contributed by atoms with E-state index in [9.17, 15) is 4.79 Å². The van der Waals surface area contributed by atoms with Gasteiger partial charge in [0.2, 0.25) is 5.91 Å². The maximum Gasteiger partial charge on any atom is 0.227 e. The van der Waals surface area contributed by atoms with Gasteiger partial charge >= 0.3 is 0 Å². The zero-order chi connectivity index (χ0) is 24.7. The molecule has 1 N–H and O–H groups in total. The quantitative estimate of drug-likeness (QED) is 0.343. The fourth-order valence-corrected chi connectivity index (χ4v) is 7.19. The highest BCUT2D eigenvalue weighted by atomic mass is 35.5. The Kier molecular flexibility index (Phi) is 6.57. The van der Waals surface area contributed by atoms with E-state index in [4.69, 9.17) is 41.4 Å². The van der Waals surface area contributed by atoms with Crippen molar-refractivity contribution in [1.29, 1.82) is 0 Å². The first-order valence-corrected chi connectivity index (χ1v) is 12.9. The first-order valence-electron chi connectivity index (χ1n) is 11.8. The Balaban J connectivity index is 1.66. The van der Waals surface area contributed by atoms with Crippen LogP contribution in [0.25, 0.3) is 4.85 Å². The topological polar surface area (TPSA) is 33.5 Å². The first-order chi connectivity index (χ1) is 16.8. The summed E-state index contributed by atoms with van der Waals surface area (Å²) in [6.45, 7) is 9.74. The second kappa shape index (κ2) is 9.51. The van der Waals surface area contributed by atoms with Crippen LogP contribution in [0.5, 0.6) is 0 Å². The van der Waals surface area contributed by atoms with Crippen molar-refractivity contribution in [3.05, 3.63) is 110 Å². The minimum Gasteiger partial charge on any atom is -0.353 e. The first kappa shape index (κ1) is 24.2. The van der Waals surface area contributed by atoms with Crippen molar-refractivity contribution >= 4 is 46.4 Å². The Morgan fingerprint density at radius 1 is 1.03 bits per heavy atom. The summed E-state index contributed by atoms with van der Waals surface area (Å²) in [5, 5.41) is 5.20. The van der Waals surface area contributed by atoms with Crippen molar-refractivity contribution in [2.45, 2.75) is 44.1 Å². The molecule has 0 radical (unpaired) electrons. The summed E-state index contributed by atoms with van der Waals surface area (Å²) in [4.78, 5) is 17.4. The van der Waals surface area contributed by atoms with E-state index in [1.54, 1.807) is 6.07 Å². The minimum atomic E-state index is -0.611. The molecule has 1 saturated carbocycles. The number of carbonyl (C=O) groups is 1. The van der Waals surface area contributed by atoms with Gasteiger partial charge in [0.15, 0.2) is 5.69 Å². The molecule has 1 heterocycles. The molecule has 3 aromatic rings. The lowest BCUT2D eigenvalue weighted by atomic mass is 9.53. The van der Waals surface area contributed by atoms with Crippen LogP contribution >= 0.6 is 34.8 Å². The van der Waals surface area contributed by atoms with Crippen LogP contribution in [0.1, 0.15) is 48.3 Å². The number of para-hydroxylation sites is 1. The Hall–Kier alpha value is -2.51. The number of hydrogen-bond donors (Lipinski definition) is 1. The number of carbonyl (C=O) groups excluding carboxylic acids is 1. The second-order valence-corrected chi connectivity index (χ2v) is 11.0. The van der Waals surface area contributed by atoms with Crippen molar-refractivity contribution in [2.24, 2.45) is 11.3 Å². The average Bonchev–Trinajstić information content (AvgIpc) is 3.09. The molecule has 5 atom stereocenters. The monoisotopic (exact) mass is 522 g/mol. The third-order valence-corrected chi connectivity index (χ3v) is 8.76. The number of halogens is 3. The number of benzene rings is 3. The molecule has 5 rings (SSSR count). The highest BCUT2D eigenvalue weighted by molar-refractivity contribution is 6.35. The lowest BCUT2D eigenvalue weighted by Crippen LogP contribution is -2.45. The van der Waals surface area contributed by atoms with Gasteiger partial charge in [-0.1, -0.05) is 77.3 Å². The molecule has 0 bridgehead atoms. The van der Waals surface area contributed by atoms with Crippen LogP contribution in [0.15, 0.2) is 66.7 Å². The summed E-state index contributed by atoms with van der Waals surface area (Å²) in [6.07, 6.45) is 2.05. The van der Waals surface area contributed by atoms with Crippen LogP contribution in [0.4, 0.5) is 5.69 Å². The summed E-state index contributed by atoms with van der Waals surface area (Å²) in [5.74, 6) is 0.244. The molecule has 0 spiro atoms. The van der Waals surface area contributed by atoms with Gasteiger partial charge in [-0.25, -0.2) is 4.85 Å². The molecule has 3 aromatic carbocycles. The summed E-state index contributed by atoms with van der Waals surface area (Å²) in [7, 11) is 0. The van der Waals surface area contributed by atoms with E-state index < -0.39 is 5.41 Å². The summed E-state index contributed by atoms with van der Waals surface area (Å²) in [6, 6.07) is 21.3. The Bertz CT molecular complexity index is 1320. The molecular weight excluding hydrogens is 499 g/mol. The second-order valence-electron chi connectivity index (χ2n) is 9.75. The molecule has 0 aromatic heterocycles.